The highest BCUT2D eigenvalue weighted by atomic mass is 35.5. The van der Waals surface area contributed by atoms with Crippen LogP contribution < -0.4 is 0 Å². The largest absolute Gasteiger partial charge is 0.384 e. The van der Waals surface area contributed by atoms with Crippen molar-refractivity contribution < 1.29 is 13.2 Å². The molecule has 0 aliphatic carbocycles. The Kier molecular flexibility index (Phi) is 7.95. The first kappa shape index (κ1) is 14.5. The Morgan fingerprint density at radius 2 is 1.71 bits per heavy atom. The highest BCUT2D eigenvalue weighted by molar-refractivity contribution is 7.89. The van der Waals surface area contributed by atoms with Gasteiger partial charge < -0.3 is 4.74 Å². The van der Waals surface area contributed by atoms with Crippen molar-refractivity contribution in [1.29, 1.82) is 0 Å². The molecule has 0 spiro atoms. The summed E-state index contributed by atoms with van der Waals surface area (Å²) in [5, 5.41) is 0. The first-order valence-electron chi connectivity index (χ1n) is 4.17. The molecule has 0 unspecified atom stereocenters. The Morgan fingerprint density at radius 1 is 1.21 bits per heavy atom. The number of alkyl halides is 2. The van der Waals surface area contributed by atoms with Crippen molar-refractivity contribution in [1.82, 2.24) is 4.31 Å². The third kappa shape index (κ3) is 5.36. The maximum atomic E-state index is 11.6. The zero-order valence-corrected chi connectivity index (χ0v) is 10.4. The smallest absolute Gasteiger partial charge is 0.216 e. The summed E-state index contributed by atoms with van der Waals surface area (Å²) in [7, 11) is -1.81. The van der Waals surface area contributed by atoms with Gasteiger partial charge in [0.15, 0.2) is 0 Å². The summed E-state index contributed by atoms with van der Waals surface area (Å²) in [5.41, 5.74) is 0. The number of ether oxygens (including phenoxy) is 1. The molecular weight excluding hydrogens is 249 g/mol. The molecule has 0 saturated heterocycles. The van der Waals surface area contributed by atoms with Crippen molar-refractivity contribution in [3.8, 4) is 0 Å². The van der Waals surface area contributed by atoms with Gasteiger partial charge in [-0.3, -0.25) is 0 Å². The molecule has 0 saturated carbocycles. The Balaban J connectivity index is 4.29. The van der Waals surface area contributed by atoms with E-state index in [1.54, 1.807) is 0 Å². The van der Waals surface area contributed by atoms with Gasteiger partial charge in [-0.15, -0.1) is 23.2 Å². The van der Waals surface area contributed by atoms with Gasteiger partial charge in [0.05, 0.1) is 12.4 Å². The number of rotatable bonds is 8. The molecule has 0 aromatic heterocycles. The normalized spacial score (nSPS) is 12.3. The van der Waals surface area contributed by atoms with Gasteiger partial charge in [-0.1, -0.05) is 0 Å². The van der Waals surface area contributed by atoms with Crippen LogP contribution in [-0.4, -0.2) is 57.0 Å². The van der Waals surface area contributed by atoms with Crippen LogP contribution in [0.5, 0.6) is 0 Å². The highest BCUT2D eigenvalue weighted by Crippen LogP contribution is 2.02. The van der Waals surface area contributed by atoms with Gasteiger partial charge in [0, 0.05) is 32.0 Å². The summed E-state index contributed by atoms with van der Waals surface area (Å²) >= 11 is 11.0. The fourth-order valence-corrected chi connectivity index (χ4v) is 2.88. The van der Waals surface area contributed by atoms with Gasteiger partial charge in [0.1, 0.15) is 0 Å². The van der Waals surface area contributed by atoms with Crippen LogP contribution in [0, 0.1) is 0 Å². The van der Waals surface area contributed by atoms with Crippen LogP contribution in [-0.2, 0) is 14.8 Å². The predicted molar refractivity (Wildman–Crippen MR) is 58.7 cm³/mol. The molecule has 0 rings (SSSR count). The minimum atomic E-state index is -3.27. The monoisotopic (exact) mass is 263 g/mol. The molecule has 0 radical (unpaired) electrons. The average Bonchev–Trinajstić information content (AvgIpc) is 2.14. The SMILES string of the molecule is COCCS(=O)(=O)N(CCCl)CCCl. The molecule has 86 valence electrons. The minimum Gasteiger partial charge on any atom is -0.384 e. The molecule has 0 aromatic rings. The van der Waals surface area contributed by atoms with Crippen LogP contribution in [0.1, 0.15) is 0 Å². The lowest BCUT2D eigenvalue weighted by atomic mass is 10.6. The Hall–Kier alpha value is 0.450. The van der Waals surface area contributed by atoms with E-state index in [0.717, 1.165) is 0 Å². The summed E-state index contributed by atoms with van der Waals surface area (Å²) in [6.07, 6.45) is 0. The molecule has 0 aromatic carbocycles. The molecule has 0 atom stereocenters. The minimum absolute atomic E-state index is 0.0305. The summed E-state index contributed by atoms with van der Waals surface area (Å²) < 4.78 is 29.2. The first-order chi connectivity index (χ1) is 6.58. The number of nitrogens with zero attached hydrogens (tertiary/aromatic N) is 1. The molecule has 0 bridgehead atoms. The van der Waals surface area contributed by atoms with Gasteiger partial charge in [-0.25, -0.2) is 8.42 Å². The second-order valence-electron chi connectivity index (χ2n) is 2.59. The summed E-state index contributed by atoms with van der Waals surface area (Å²) in [4.78, 5) is 0. The molecule has 0 heterocycles. The van der Waals surface area contributed by atoms with E-state index >= 15 is 0 Å². The van der Waals surface area contributed by atoms with Crippen molar-refractivity contribution in [3.05, 3.63) is 0 Å². The van der Waals surface area contributed by atoms with Crippen LogP contribution in [0.4, 0.5) is 0 Å². The average molecular weight is 264 g/mol. The molecule has 7 heteroatoms. The van der Waals surface area contributed by atoms with E-state index in [2.05, 4.69) is 0 Å². The predicted octanol–water partition coefficient (Wildman–Crippen LogP) is 0.742. The van der Waals surface area contributed by atoms with Crippen molar-refractivity contribution in [2.24, 2.45) is 0 Å². The zero-order valence-electron chi connectivity index (χ0n) is 8.08. The van der Waals surface area contributed by atoms with E-state index in [4.69, 9.17) is 27.9 Å². The fraction of sp³-hybridized carbons (Fsp3) is 1.00. The van der Waals surface area contributed by atoms with E-state index in [-0.39, 0.29) is 24.1 Å². The van der Waals surface area contributed by atoms with E-state index in [9.17, 15) is 8.42 Å². The van der Waals surface area contributed by atoms with Gasteiger partial charge in [0.25, 0.3) is 0 Å². The number of hydrogen-bond donors (Lipinski definition) is 0. The van der Waals surface area contributed by atoms with Gasteiger partial charge in [0.2, 0.25) is 10.0 Å². The molecule has 4 nitrogen and oxygen atoms in total. The standard InChI is InChI=1S/C7H15Cl2NO3S/c1-13-6-7-14(11,12)10(4-2-8)5-3-9/h2-7H2,1H3. The molecule has 0 aliphatic heterocycles. The Morgan fingerprint density at radius 3 is 2.07 bits per heavy atom. The molecule has 0 amide bonds. The Labute approximate surface area is 95.2 Å². The Bertz CT molecular complexity index is 227. The lowest BCUT2D eigenvalue weighted by Gasteiger charge is -2.19. The third-order valence-electron chi connectivity index (χ3n) is 1.61. The van der Waals surface area contributed by atoms with E-state index < -0.39 is 10.0 Å². The topological polar surface area (TPSA) is 46.6 Å². The maximum absolute atomic E-state index is 11.6. The van der Waals surface area contributed by atoms with Crippen LogP contribution >= 0.6 is 23.2 Å². The van der Waals surface area contributed by atoms with Gasteiger partial charge in [-0.2, -0.15) is 4.31 Å². The molecule has 0 fully saturated rings. The van der Waals surface area contributed by atoms with Crippen LogP contribution in [0.25, 0.3) is 0 Å². The van der Waals surface area contributed by atoms with Gasteiger partial charge >= 0.3 is 0 Å². The third-order valence-corrected chi connectivity index (χ3v) is 3.78. The molecule has 0 aliphatic rings. The van der Waals surface area contributed by atoms with Crippen molar-refractivity contribution in [2.45, 2.75) is 0 Å². The van der Waals surface area contributed by atoms with Crippen LogP contribution in [0.2, 0.25) is 0 Å². The number of hydrogen-bond acceptors (Lipinski definition) is 3. The zero-order chi connectivity index (χ0) is 11.0. The fourth-order valence-electron chi connectivity index (χ4n) is 0.896. The lowest BCUT2D eigenvalue weighted by Crippen LogP contribution is -2.37. The second-order valence-corrected chi connectivity index (χ2v) is 5.43. The molecular formula is C7H15Cl2NO3S. The maximum Gasteiger partial charge on any atom is 0.216 e. The number of sulfonamides is 1. The van der Waals surface area contributed by atoms with Crippen LogP contribution in [0.15, 0.2) is 0 Å². The van der Waals surface area contributed by atoms with E-state index in [0.29, 0.717) is 13.1 Å². The first-order valence-corrected chi connectivity index (χ1v) is 6.85. The van der Waals surface area contributed by atoms with E-state index in [1.165, 1.54) is 11.4 Å². The quantitative estimate of drug-likeness (QED) is 0.607. The molecule has 0 N–H and O–H groups in total. The summed E-state index contributed by atoms with van der Waals surface area (Å²) in [5.74, 6) is 0.503. The summed E-state index contributed by atoms with van der Waals surface area (Å²) in [6, 6.07) is 0. The summed E-state index contributed by atoms with van der Waals surface area (Å²) in [6.45, 7) is 0.768. The van der Waals surface area contributed by atoms with Gasteiger partial charge in [-0.05, 0) is 0 Å². The van der Waals surface area contributed by atoms with Crippen molar-refractivity contribution in [2.75, 3.05) is 44.3 Å². The van der Waals surface area contributed by atoms with Crippen molar-refractivity contribution >= 4 is 33.2 Å². The highest BCUT2D eigenvalue weighted by Gasteiger charge is 2.20. The van der Waals surface area contributed by atoms with E-state index in [1.807, 2.05) is 0 Å². The second kappa shape index (κ2) is 7.70. The number of methoxy groups -OCH3 is 1. The van der Waals surface area contributed by atoms with Crippen LogP contribution in [0.3, 0.4) is 0 Å². The lowest BCUT2D eigenvalue weighted by molar-refractivity contribution is 0.215. The number of halogens is 2. The molecule has 14 heavy (non-hydrogen) atoms. The van der Waals surface area contributed by atoms with Crippen molar-refractivity contribution in [3.63, 3.8) is 0 Å².